The van der Waals surface area contributed by atoms with Gasteiger partial charge in [0.2, 0.25) is 0 Å². The smallest absolute Gasteiger partial charge is 0.326 e. The van der Waals surface area contributed by atoms with E-state index in [2.05, 4.69) is 11.8 Å². The molecule has 9 atom stereocenters. The predicted molar refractivity (Wildman–Crippen MR) is 148 cm³/mol. The van der Waals surface area contributed by atoms with Gasteiger partial charge in [0.05, 0.1) is 24.2 Å². The first kappa shape index (κ1) is 24.4. The van der Waals surface area contributed by atoms with Gasteiger partial charge in [0.1, 0.15) is 6.04 Å². The molecule has 4 bridgehead atoms. The average Bonchev–Trinajstić information content (AvgIpc) is 3.45. The number of aromatic nitrogens is 2. The van der Waals surface area contributed by atoms with Gasteiger partial charge < -0.3 is 19.3 Å². The number of nitrogens with zero attached hydrogens (tertiary/aromatic N) is 4. The summed E-state index contributed by atoms with van der Waals surface area (Å²) in [6.45, 7) is 4.59. The first-order valence-electron chi connectivity index (χ1n) is 15.3. The van der Waals surface area contributed by atoms with Crippen molar-refractivity contribution in [2.45, 2.75) is 94.9 Å². The van der Waals surface area contributed by atoms with Crippen LogP contribution in [-0.2, 0) is 9.53 Å². The maximum absolute atomic E-state index is 14.2. The number of aliphatic carboxylic acids is 1. The van der Waals surface area contributed by atoms with Gasteiger partial charge in [0.15, 0.2) is 5.82 Å². The number of carboxylic acids is 1. The van der Waals surface area contributed by atoms with E-state index in [-0.39, 0.29) is 11.6 Å². The lowest BCUT2D eigenvalue weighted by Crippen LogP contribution is -2.62. The van der Waals surface area contributed by atoms with Gasteiger partial charge in [-0.2, -0.15) is 0 Å². The van der Waals surface area contributed by atoms with Crippen LogP contribution >= 0.6 is 0 Å². The summed E-state index contributed by atoms with van der Waals surface area (Å²) in [6, 6.07) is 8.50. The lowest BCUT2D eigenvalue weighted by molar-refractivity contribution is -0.138. The Balaban J connectivity index is 1.14. The largest absolute Gasteiger partial charge is 0.480 e. The number of ether oxygens (including phenoxy) is 1. The summed E-state index contributed by atoms with van der Waals surface area (Å²) in [6.07, 6.45) is 10.0. The highest BCUT2D eigenvalue weighted by atomic mass is 16.5. The number of benzene rings is 1. The Morgan fingerprint density at radius 3 is 2.56 bits per heavy atom. The van der Waals surface area contributed by atoms with Crippen LogP contribution < -0.4 is 10.5 Å². The number of hydrogen-bond donors (Lipinski definition) is 1. The zero-order chi connectivity index (χ0) is 26.5. The van der Waals surface area contributed by atoms with E-state index in [1.807, 2.05) is 28.8 Å². The van der Waals surface area contributed by atoms with Crippen molar-refractivity contribution >= 4 is 22.8 Å². The van der Waals surface area contributed by atoms with Crippen LogP contribution in [0.4, 0.5) is 5.82 Å². The number of fused-ring (bicyclic) bond motifs is 4. The van der Waals surface area contributed by atoms with E-state index >= 15 is 0 Å². The molecule has 6 fully saturated rings. The van der Waals surface area contributed by atoms with Crippen molar-refractivity contribution in [1.29, 1.82) is 0 Å². The Hall–Kier alpha value is -2.45. The van der Waals surface area contributed by atoms with Crippen molar-refractivity contribution in [3.63, 3.8) is 0 Å². The number of anilines is 1. The second-order valence-corrected chi connectivity index (χ2v) is 13.8. The highest BCUT2D eigenvalue weighted by Crippen LogP contribution is 2.67. The van der Waals surface area contributed by atoms with E-state index in [1.165, 1.54) is 32.1 Å². The summed E-state index contributed by atoms with van der Waals surface area (Å²) in [4.78, 5) is 35.5. The van der Waals surface area contributed by atoms with Crippen molar-refractivity contribution in [3.05, 3.63) is 34.6 Å². The molecule has 1 aromatic heterocycles. The zero-order valence-electron chi connectivity index (χ0n) is 22.9. The number of carbonyl (C=O) groups is 1. The molecule has 0 radical (unpaired) electrons. The van der Waals surface area contributed by atoms with Crippen molar-refractivity contribution in [2.24, 2.45) is 23.2 Å². The standard InChI is InChI=1S/C31H40N4O4/c1-31-15-18-9-19(31)11-20(31)12-21(10-18)34-23-13-22(14-24(34)17-39-16-23)35-26-6-3-2-5-25(26)32-28(29(35)36)33-8-4-7-27(33)30(37)38/h2-3,5-6,18-24,27H,4,7-17H2,1H3,(H,37,38)/t18-,19+,20+,21-,22-,23-,24+,27+,31?/m1/s1. The SMILES string of the molecule is CC12C[C@H]3C[C@@H](N4[C@@H]5COC[C@H]4C[C@@H](n4c(=O)c(N6CCC[C@H]6C(=O)O)nc6ccccc64)C5)C[C@@H]1C[C@@H]2C3. The summed E-state index contributed by atoms with van der Waals surface area (Å²) in [5, 5.41) is 9.83. The van der Waals surface area contributed by atoms with Gasteiger partial charge in [0, 0.05) is 30.7 Å². The minimum Gasteiger partial charge on any atom is -0.480 e. The Morgan fingerprint density at radius 1 is 1.00 bits per heavy atom. The minimum atomic E-state index is -0.878. The Morgan fingerprint density at radius 2 is 1.77 bits per heavy atom. The zero-order valence-corrected chi connectivity index (χ0v) is 22.9. The number of rotatable bonds is 4. The van der Waals surface area contributed by atoms with E-state index in [9.17, 15) is 14.7 Å². The van der Waals surface area contributed by atoms with E-state index in [4.69, 9.17) is 9.72 Å². The second kappa shape index (κ2) is 8.77. The quantitative estimate of drug-likeness (QED) is 0.635. The minimum absolute atomic E-state index is 0.0537. The molecule has 3 saturated carbocycles. The fraction of sp³-hybridized carbons (Fsp3) is 0.710. The van der Waals surface area contributed by atoms with Crippen LogP contribution in [0.2, 0.25) is 0 Å². The van der Waals surface area contributed by atoms with Crippen LogP contribution in [0.5, 0.6) is 0 Å². The second-order valence-electron chi connectivity index (χ2n) is 13.8. The number of piperidine rings is 1. The third-order valence-electron chi connectivity index (χ3n) is 11.9. The van der Waals surface area contributed by atoms with Gasteiger partial charge in [-0.15, -0.1) is 0 Å². The van der Waals surface area contributed by atoms with Gasteiger partial charge in [-0.05, 0) is 93.1 Å². The van der Waals surface area contributed by atoms with E-state index in [0.29, 0.717) is 42.3 Å². The summed E-state index contributed by atoms with van der Waals surface area (Å²) >= 11 is 0. The van der Waals surface area contributed by atoms with Gasteiger partial charge >= 0.3 is 5.97 Å². The molecule has 1 aromatic carbocycles. The molecule has 3 saturated heterocycles. The molecule has 3 aliphatic heterocycles. The van der Waals surface area contributed by atoms with E-state index in [0.717, 1.165) is 61.3 Å². The van der Waals surface area contributed by atoms with Gasteiger partial charge in [0.25, 0.3) is 5.56 Å². The molecule has 8 rings (SSSR count). The molecule has 4 heterocycles. The molecule has 8 nitrogen and oxygen atoms in total. The number of carboxylic acid groups (broad SMARTS) is 1. The maximum Gasteiger partial charge on any atom is 0.326 e. The Kier molecular flexibility index (Phi) is 5.48. The van der Waals surface area contributed by atoms with Gasteiger partial charge in [-0.1, -0.05) is 19.1 Å². The highest BCUT2D eigenvalue weighted by Gasteiger charge is 2.60. The van der Waals surface area contributed by atoms with E-state index in [1.54, 1.807) is 4.90 Å². The molecule has 3 aliphatic carbocycles. The van der Waals surface area contributed by atoms with Gasteiger partial charge in [-0.25, -0.2) is 9.78 Å². The highest BCUT2D eigenvalue weighted by molar-refractivity contribution is 5.80. The van der Waals surface area contributed by atoms with Gasteiger partial charge in [-0.3, -0.25) is 9.69 Å². The number of morpholine rings is 1. The van der Waals surface area contributed by atoms with Crippen LogP contribution in [0.1, 0.15) is 70.8 Å². The molecule has 0 spiro atoms. The van der Waals surface area contributed by atoms with Crippen LogP contribution in [0.15, 0.2) is 29.1 Å². The molecule has 208 valence electrons. The van der Waals surface area contributed by atoms with Crippen molar-refractivity contribution in [2.75, 3.05) is 24.7 Å². The molecule has 1 N–H and O–H groups in total. The van der Waals surface area contributed by atoms with Crippen LogP contribution in [0.25, 0.3) is 11.0 Å². The molecular formula is C31H40N4O4. The molecule has 1 unspecified atom stereocenters. The third-order valence-corrected chi connectivity index (χ3v) is 11.9. The summed E-state index contributed by atoms with van der Waals surface area (Å²) in [5.74, 6) is 2.14. The predicted octanol–water partition coefficient (Wildman–Crippen LogP) is 4.07. The Labute approximate surface area is 229 Å². The Bertz CT molecular complexity index is 1360. The molecule has 0 amide bonds. The summed E-state index contributed by atoms with van der Waals surface area (Å²) < 4.78 is 8.12. The van der Waals surface area contributed by atoms with Crippen LogP contribution in [-0.4, -0.2) is 69.5 Å². The molecule has 8 heteroatoms. The molecule has 39 heavy (non-hydrogen) atoms. The lowest BCUT2D eigenvalue weighted by Gasteiger charge is -2.56. The topological polar surface area (TPSA) is 87.9 Å². The normalized spacial score (nSPS) is 41.4. The lowest BCUT2D eigenvalue weighted by atomic mass is 9.54. The third kappa shape index (κ3) is 3.59. The fourth-order valence-corrected chi connectivity index (χ4v) is 10.1. The number of para-hydroxylation sites is 2. The molecule has 6 aliphatic rings. The molecular weight excluding hydrogens is 492 g/mol. The summed E-state index contributed by atoms with van der Waals surface area (Å²) in [7, 11) is 0. The first-order valence-corrected chi connectivity index (χ1v) is 15.3. The van der Waals surface area contributed by atoms with Crippen LogP contribution in [0, 0.1) is 23.2 Å². The monoisotopic (exact) mass is 532 g/mol. The molecule has 2 aromatic rings. The number of hydrogen-bond acceptors (Lipinski definition) is 6. The van der Waals surface area contributed by atoms with E-state index < -0.39 is 12.0 Å². The van der Waals surface area contributed by atoms with Crippen LogP contribution in [0.3, 0.4) is 0 Å². The van der Waals surface area contributed by atoms with Crippen molar-refractivity contribution in [3.8, 4) is 0 Å². The first-order chi connectivity index (χ1) is 18.9. The van der Waals surface area contributed by atoms with Crippen molar-refractivity contribution in [1.82, 2.24) is 14.5 Å². The summed E-state index contributed by atoms with van der Waals surface area (Å²) in [5.41, 5.74) is 2.07. The average molecular weight is 533 g/mol. The fourth-order valence-electron chi connectivity index (χ4n) is 10.1. The maximum atomic E-state index is 14.2. The van der Waals surface area contributed by atoms with Crippen molar-refractivity contribution < 1.29 is 14.6 Å².